The summed E-state index contributed by atoms with van der Waals surface area (Å²) in [6.07, 6.45) is -0.517. The van der Waals surface area contributed by atoms with E-state index in [1.807, 2.05) is 0 Å². The van der Waals surface area contributed by atoms with Gasteiger partial charge in [-0.2, -0.15) is 0 Å². The molecule has 0 aliphatic carbocycles. The average Bonchev–Trinajstić information content (AvgIpc) is 2.39. The molecule has 0 aromatic heterocycles. The molecule has 0 saturated carbocycles. The second-order valence-electron chi connectivity index (χ2n) is 4.22. The van der Waals surface area contributed by atoms with Crippen molar-refractivity contribution < 1.29 is 32.6 Å². The zero-order valence-electron chi connectivity index (χ0n) is 11.3. The summed E-state index contributed by atoms with van der Waals surface area (Å²) in [5, 5.41) is 8.99. The molecule has 4 nitrogen and oxygen atoms in total. The summed E-state index contributed by atoms with van der Waals surface area (Å²) in [5.41, 5.74) is -2.40. The number of ketones is 1. The van der Waals surface area contributed by atoms with Crippen LogP contribution in [-0.4, -0.2) is 43.5 Å². The molecule has 0 aromatic rings. The number of rotatable bonds is 11. The van der Waals surface area contributed by atoms with E-state index >= 15 is 0 Å². The van der Waals surface area contributed by atoms with Gasteiger partial charge in [0.2, 0.25) is 0 Å². The first-order valence-corrected chi connectivity index (χ1v) is 6.26. The zero-order valence-corrected chi connectivity index (χ0v) is 11.3. The van der Waals surface area contributed by atoms with Gasteiger partial charge in [0, 0.05) is 5.41 Å². The molecule has 1 N–H and O–H groups in total. The number of hydrogen-bond acceptors (Lipinski definition) is 3. The first kappa shape index (κ1) is 18.5. The normalized spacial score (nSPS) is 12.3. The summed E-state index contributed by atoms with van der Waals surface area (Å²) in [6, 6.07) is 0. The van der Waals surface area contributed by atoms with Gasteiger partial charge in [-0.05, 0) is 26.2 Å². The fraction of sp³-hybridized carbons (Fsp3) is 0.692. The van der Waals surface area contributed by atoms with Crippen molar-refractivity contribution in [3.05, 3.63) is 11.8 Å². The fourth-order valence-electron chi connectivity index (χ4n) is 1.91. The van der Waals surface area contributed by atoms with Crippen LogP contribution in [0.3, 0.4) is 0 Å². The van der Waals surface area contributed by atoms with Crippen molar-refractivity contribution in [3.8, 4) is 0 Å². The largest absolute Gasteiger partial charge is 0.500 e. The van der Waals surface area contributed by atoms with Crippen LogP contribution in [0.2, 0.25) is 0 Å². The standard InChI is InChI=1S/C13H19F3O4/c1-2-20-9-10(12(18)19)11(17)13(3-6-14,4-7-15)5-8-16/h9H,2-8H2,1H3,(H,18,19)/b10-9+. The number of carbonyl (C=O) groups excluding carboxylic acids is 1. The highest BCUT2D eigenvalue weighted by atomic mass is 19.1. The monoisotopic (exact) mass is 296 g/mol. The van der Waals surface area contributed by atoms with Crippen LogP contribution in [0.15, 0.2) is 11.8 Å². The fourth-order valence-corrected chi connectivity index (χ4v) is 1.91. The van der Waals surface area contributed by atoms with Gasteiger partial charge in [0.25, 0.3) is 0 Å². The third-order valence-electron chi connectivity index (χ3n) is 3.04. The summed E-state index contributed by atoms with van der Waals surface area (Å²) < 4.78 is 42.6. The van der Waals surface area contributed by atoms with Crippen LogP contribution in [-0.2, 0) is 14.3 Å². The molecule has 0 aromatic carbocycles. The number of hydrogen-bond donors (Lipinski definition) is 1. The van der Waals surface area contributed by atoms with Gasteiger partial charge in [0.1, 0.15) is 11.8 Å². The third kappa shape index (κ3) is 4.86. The smallest absolute Gasteiger partial charge is 0.342 e. The third-order valence-corrected chi connectivity index (χ3v) is 3.04. The van der Waals surface area contributed by atoms with Gasteiger partial charge in [0.05, 0.1) is 26.6 Å². The van der Waals surface area contributed by atoms with Crippen LogP contribution in [0.1, 0.15) is 26.2 Å². The maximum atomic E-state index is 12.6. The minimum atomic E-state index is -1.68. The lowest BCUT2D eigenvalue weighted by atomic mass is 9.73. The first-order chi connectivity index (χ1) is 9.48. The molecule has 0 aliphatic heterocycles. The lowest BCUT2D eigenvalue weighted by Gasteiger charge is -2.29. The van der Waals surface area contributed by atoms with E-state index in [2.05, 4.69) is 0 Å². The maximum Gasteiger partial charge on any atom is 0.342 e. The zero-order chi connectivity index (χ0) is 15.6. The molecule has 0 saturated heterocycles. The average molecular weight is 296 g/mol. The molecule has 0 unspecified atom stereocenters. The van der Waals surface area contributed by atoms with E-state index in [1.165, 1.54) is 0 Å². The van der Waals surface area contributed by atoms with E-state index in [9.17, 15) is 22.8 Å². The number of aliphatic carboxylic acids is 1. The van der Waals surface area contributed by atoms with Crippen LogP contribution in [0.25, 0.3) is 0 Å². The topological polar surface area (TPSA) is 63.6 Å². The quantitative estimate of drug-likeness (QED) is 0.275. The molecule has 0 atom stereocenters. The highest BCUT2D eigenvalue weighted by Crippen LogP contribution is 2.35. The van der Waals surface area contributed by atoms with Gasteiger partial charge in [0.15, 0.2) is 5.78 Å². The molecular formula is C13H19F3O4. The number of carboxylic acid groups (broad SMARTS) is 1. The Kier molecular flexibility index (Phi) is 8.67. The van der Waals surface area contributed by atoms with Gasteiger partial charge >= 0.3 is 5.97 Å². The van der Waals surface area contributed by atoms with Gasteiger partial charge in [-0.3, -0.25) is 18.0 Å². The summed E-state index contributed by atoms with van der Waals surface area (Å²) >= 11 is 0. The highest BCUT2D eigenvalue weighted by Gasteiger charge is 2.41. The number of Topliss-reactive ketones (excluding diaryl/α,β-unsaturated/α-hetero) is 1. The van der Waals surface area contributed by atoms with E-state index < -0.39 is 62.0 Å². The van der Waals surface area contributed by atoms with E-state index in [-0.39, 0.29) is 6.61 Å². The summed E-state index contributed by atoms with van der Waals surface area (Å²) in [5.74, 6) is -2.56. The molecule has 0 aliphatic rings. The second-order valence-corrected chi connectivity index (χ2v) is 4.22. The number of carboxylic acids is 1. The van der Waals surface area contributed by atoms with Crippen molar-refractivity contribution in [1.82, 2.24) is 0 Å². The molecule has 0 fully saturated rings. The van der Waals surface area contributed by atoms with Crippen LogP contribution >= 0.6 is 0 Å². The van der Waals surface area contributed by atoms with Crippen molar-refractivity contribution in [2.24, 2.45) is 5.41 Å². The Morgan fingerprint density at radius 1 is 1.10 bits per heavy atom. The van der Waals surface area contributed by atoms with Crippen LogP contribution in [0.4, 0.5) is 13.2 Å². The van der Waals surface area contributed by atoms with E-state index in [1.54, 1.807) is 6.92 Å². The lowest BCUT2D eigenvalue weighted by Crippen LogP contribution is -2.36. The molecule has 0 rings (SSSR count). The first-order valence-electron chi connectivity index (χ1n) is 6.26. The molecule has 0 radical (unpaired) electrons. The molecule has 0 heterocycles. The second kappa shape index (κ2) is 9.39. The molecule has 0 bridgehead atoms. The summed E-state index contributed by atoms with van der Waals surface area (Å²) in [7, 11) is 0. The van der Waals surface area contributed by atoms with Gasteiger partial charge in [-0.15, -0.1) is 0 Å². The summed E-state index contributed by atoms with van der Waals surface area (Å²) in [4.78, 5) is 23.3. The predicted octanol–water partition coefficient (Wildman–Crippen LogP) is 2.63. The highest BCUT2D eigenvalue weighted by molar-refractivity contribution is 6.18. The predicted molar refractivity (Wildman–Crippen MR) is 66.6 cm³/mol. The Bertz CT molecular complexity index is 339. The molecule has 7 heteroatoms. The Morgan fingerprint density at radius 2 is 1.55 bits per heavy atom. The van der Waals surface area contributed by atoms with Crippen molar-refractivity contribution in [3.63, 3.8) is 0 Å². The Morgan fingerprint density at radius 3 is 1.85 bits per heavy atom. The van der Waals surface area contributed by atoms with Crippen molar-refractivity contribution in [2.75, 3.05) is 26.6 Å². The van der Waals surface area contributed by atoms with Gasteiger partial charge in [-0.25, -0.2) is 4.79 Å². The summed E-state index contributed by atoms with van der Waals surface area (Å²) in [6.45, 7) is -1.18. The van der Waals surface area contributed by atoms with Gasteiger partial charge < -0.3 is 9.84 Å². The van der Waals surface area contributed by atoms with Crippen molar-refractivity contribution in [2.45, 2.75) is 26.2 Å². The number of ether oxygens (including phenoxy) is 1. The maximum absolute atomic E-state index is 12.6. The molecule has 0 spiro atoms. The minimum Gasteiger partial charge on any atom is -0.500 e. The van der Waals surface area contributed by atoms with E-state index in [4.69, 9.17) is 9.84 Å². The molecule has 20 heavy (non-hydrogen) atoms. The number of halogens is 3. The molecule has 0 amide bonds. The van der Waals surface area contributed by atoms with Crippen molar-refractivity contribution in [1.29, 1.82) is 0 Å². The lowest BCUT2D eigenvalue weighted by molar-refractivity contribution is -0.137. The van der Waals surface area contributed by atoms with E-state index in [0.29, 0.717) is 0 Å². The number of carbonyl (C=O) groups is 2. The Labute approximate surface area is 115 Å². The number of alkyl halides is 3. The Balaban J connectivity index is 5.50. The van der Waals surface area contributed by atoms with Gasteiger partial charge in [-0.1, -0.05) is 0 Å². The van der Waals surface area contributed by atoms with Crippen LogP contribution < -0.4 is 0 Å². The minimum absolute atomic E-state index is 0.131. The van der Waals surface area contributed by atoms with Crippen molar-refractivity contribution >= 4 is 11.8 Å². The van der Waals surface area contributed by atoms with Crippen LogP contribution in [0.5, 0.6) is 0 Å². The SMILES string of the molecule is CCO/C=C(/C(=O)O)C(=O)C(CCF)(CCF)CCF. The Hall–Kier alpha value is -1.53. The van der Waals surface area contributed by atoms with E-state index in [0.717, 1.165) is 6.26 Å². The van der Waals surface area contributed by atoms with Crippen LogP contribution in [0, 0.1) is 5.41 Å². The molecule has 116 valence electrons. The molecular weight excluding hydrogens is 277 g/mol.